The van der Waals surface area contributed by atoms with Crippen molar-refractivity contribution in [1.29, 1.82) is 0 Å². The summed E-state index contributed by atoms with van der Waals surface area (Å²) >= 11 is 0. The average molecular weight is 280 g/mol. The number of aliphatic hydroxyl groups excluding tert-OH is 1. The Morgan fingerprint density at radius 1 is 1.15 bits per heavy atom. The standard InChI is InChI=1S/C14H20N2O4/c1-2-20-12-5-3-11(4-6-12)16-14(19)8-7-13(18)15-9-10-17/h3-6,17H,2,7-10H2,1H3,(H,15,18)(H,16,19). The lowest BCUT2D eigenvalue weighted by Gasteiger charge is -2.07. The molecule has 0 radical (unpaired) electrons. The van der Waals surface area contributed by atoms with E-state index < -0.39 is 0 Å². The molecule has 0 fully saturated rings. The Hall–Kier alpha value is -2.08. The fourth-order valence-corrected chi connectivity index (χ4v) is 1.54. The quantitative estimate of drug-likeness (QED) is 0.660. The number of carbonyl (C=O) groups excluding carboxylic acids is 2. The number of ether oxygens (including phenoxy) is 1. The number of carbonyl (C=O) groups is 2. The maximum atomic E-state index is 11.6. The Morgan fingerprint density at radius 2 is 1.80 bits per heavy atom. The van der Waals surface area contributed by atoms with E-state index in [-0.39, 0.29) is 37.8 Å². The molecule has 0 heterocycles. The van der Waals surface area contributed by atoms with E-state index in [1.807, 2.05) is 6.92 Å². The molecule has 0 aliphatic heterocycles. The van der Waals surface area contributed by atoms with Gasteiger partial charge in [-0.15, -0.1) is 0 Å². The van der Waals surface area contributed by atoms with Gasteiger partial charge in [0.25, 0.3) is 0 Å². The molecule has 0 aliphatic rings. The molecule has 0 aliphatic carbocycles. The van der Waals surface area contributed by atoms with Gasteiger partial charge in [-0.3, -0.25) is 9.59 Å². The van der Waals surface area contributed by atoms with Gasteiger partial charge in [-0.25, -0.2) is 0 Å². The van der Waals surface area contributed by atoms with Crippen molar-refractivity contribution in [1.82, 2.24) is 5.32 Å². The van der Waals surface area contributed by atoms with Crippen molar-refractivity contribution in [2.24, 2.45) is 0 Å². The normalized spacial score (nSPS) is 9.90. The molecule has 3 N–H and O–H groups in total. The number of aliphatic hydroxyl groups is 1. The summed E-state index contributed by atoms with van der Waals surface area (Å²) in [5.74, 6) is 0.267. The van der Waals surface area contributed by atoms with Crippen LogP contribution >= 0.6 is 0 Å². The minimum atomic E-state index is -0.249. The molecule has 0 saturated carbocycles. The van der Waals surface area contributed by atoms with Crippen molar-refractivity contribution in [3.63, 3.8) is 0 Å². The van der Waals surface area contributed by atoms with Crippen LogP contribution in [0.2, 0.25) is 0 Å². The Balaban J connectivity index is 2.32. The first-order valence-electron chi connectivity index (χ1n) is 6.56. The maximum absolute atomic E-state index is 11.6. The molecule has 6 heteroatoms. The number of rotatable bonds is 8. The molecular formula is C14H20N2O4. The van der Waals surface area contributed by atoms with Gasteiger partial charge in [0.05, 0.1) is 13.2 Å². The number of anilines is 1. The van der Waals surface area contributed by atoms with Crippen molar-refractivity contribution in [2.45, 2.75) is 19.8 Å². The monoisotopic (exact) mass is 280 g/mol. The van der Waals surface area contributed by atoms with Gasteiger partial charge in [-0.1, -0.05) is 0 Å². The molecule has 110 valence electrons. The highest BCUT2D eigenvalue weighted by Crippen LogP contribution is 2.15. The average Bonchev–Trinajstić information content (AvgIpc) is 2.45. The van der Waals surface area contributed by atoms with E-state index in [0.29, 0.717) is 12.3 Å². The SMILES string of the molecule is CCOc1ccc(NC(=O)CCC(=O)NCCO)cc1. The van der Waals surface area contributed by atoms with E-state index in [4.69, 9.17) is 9.84 Å². The summed E-state index contributed by atoms with van der Waals surface area (Å²) in [6, 6.07) is 7.03. The smallest absolute Gasteiger partial charge is 0.224 e. The van der Waals surface area contributed by atoms with Crippen molar-refractivity contribution in [3.8, 4) is 5.75 Å². The largest absolute Gasteiger partial charge is 0.494 e. The zero-order valence-corrected chi connectivity index (χ0v) is 11.5. The van der Waals surface area contributed by atoms with Crippen LogP contribution in [0.3, 0.4) is 0 Å². The van der Waals surface area contributed by atoms with Crippen molar-refractivity contribution in [2.75, 3.05) is 25.1 Å². The first-order valence-corrected chi connectivity index (χ1v) is 6.56. The molecule has 0 spiro atoms. The van der Waals surface area contributed by atoms with Gasteiger partial charge < -0.3 is 20.5 Å². The maximum Gasteiger partial charge on any atom is 0.224 e. The van der Waals surface area contributed by atoms with Crippen LogP contribution in [-0.4, -0.2) is 36.7 Å². The van der Waals surface area contributed by atoms with Crippen LogP contribution in [0.5, 0.6) is 5.75 Å². The molecule has 2 amide bonds. The summed E-state index contributed by atoms with van der Waals surface area (Å²) in [5.41, 5.74) is 0.661. The molecule has 0 bridgehead atoms. The van der Waals surface area contributed by atoms with Crippen molar-refractivity contribution >= 4 is 17.5 Å². The molecule has 1 aromatic rings. The molecule has 0 atom stereocenters. The second-order valence-electron chi connectivity index (χ2n) is 4.08. The second kappa shape index (κ2) is 8.92. The Kier molecular flexibility index (Phi) is 7.13. The van der Waals surface area contributed by atoms with Crippen molar-refractivity contribution in [3.05, 3.63) is 24.3 Å². The van der Waals surface area contributed by atoms with Gasteiger partial charge in [-0.2, -0.15) is 0 Å². The summed E-state index contributed by atoms with van der Waals surface area (Å²) in [5, 5.41) is 13.7. The van der Waals surface area contributed by atoms with E-state index >= 15 is 0 Å². The second-order valence-corrected chi connectivity index (χ2v) is 4.08. The first kappa shape index (κ1) is 16.0. The van der Waals surface area contributed by atoms with Gasteiger partial charge in [-0.05, 0) is 31.2 Å². The third-order valence-corrected chi connectivity index (χ3v) is 2.46. The summed E-state index contributed by atoms with van der Waals surface area (Å²) < 4.78 is 5.30. The summed E-state index contributed by atoms with van der Waals surface area (Å²) in [4.78, 5) is 22.9. The van der Waals surface area contributed by atoms with Crippen LogP contribution in [0.4, 0.5) is 5.69 Å². The lowest BCUT2D eigenvalue weighted by Crippen LogP contribution is -2.27. The van der Waals surface area contributed by atoms with E-state index in [1.165, 1.54) is 0 Å². The van der Waals surface area contributed by atoms with Gasteiger partial charge in [0.1, 0.15) is 5.75 Å². The highest BCUT2D eigenvalue weighted by molar-refractivity contribution is 5.93. The predicted molar refractivity (Wildman–Crippen MR) is 75.6 cm³/mol. The van der Waals surface area contributed by atoms with Crippen LogP contribution in [0.1, 0.15) is 19.8 Å². The number of hydrogen-bond donors (Lipinski definition) is 3. The zero-order chi connectivity index (χ0) is 14.8. The molecule has 1 rings (SSSR count). The van der Waals surface area contributed by atoms with E-state index in [9.17, 15) is 9.59 Å². The molecule has 6 nitrogen and oxygen atoms in total. The van der Waals surface area contributed by atoms with E-state index in [1.54, 1.807) is 24.3 Å². The minimum absolute atomic E-state index is 0.100. The first-order chi connectivity index (χ1) is 9.65. The van der Waals surface area contributed by atoms with Crippen LogP contribution in [-0.2, 0) is 9.59 Å². The number of hydrogen-bond acceptors (Lipinski definition) is 4. The Labute approximate surface area is 118 Å². The number of benzene rings is 1. The lowest BCUT2D eigenvalue weighted by molar-refractivity contribution is -0.124. The summed E-state index contributed by atoms with van der Waals surface area (Å²) in [6.07, 6.45) is 0.202. The highest BCUT2D eigenvalue weighted by atomic mass is 16.5. The van der Waals surface area contributed by atoms with Gasteiger partial charge in [0.2, 0.25) is 11.8 Å². The van der Waals surface area contributed by atoms with Crippen LogP contribution in [0, 0.1) is 0 Å². The zero-order valence-electron chi connectivity index (χ0n) is 11.5. The van der Waals surface area contributed by atoms with Gasteiger partial charge >= 0.3 is 0 Å². The summed E-state index contributed by atoms with van der Waals surface area (Å²) in [6.45, 7) is 2.59. The fourth-order valence-electron chi connectivity index (χ4n) is 1.54. The van der Waals surface area contributed by atoms with Crippen molar-refractivity contribution < 1.29 is 19.4 Å². The summed E-state index contributed by atoms with van der Waals surface area (Å²) in [7, 11) is 0. The Bertz CT molecular complexity index is 431. The van der Waals surface area contributed by atoms with Crippen LogP contribution in [0.15, 0.2) is 24.3 Å². The highest BCUT2D eigenvalue weighted by Gasteiger charge is 2.06. The van der Waals surface area contributed by atoms with Crippen LogP contribution in [0.25, 0.3) is 0 Å². The molecule has 20 heavy (non-hydrogen) atoms. The molecule has 1 aromatic carbocycles. The Morgan fingerprint density at radius 3 is 2.40 bits per heavy atom. The third kappa shape index (κ3) is 6.19. The number of amides is 2. The number of nitrogens with one attached hydrogen (secondary N) is 2. The predicted octanol–water partition coefficient (Wildman–Crippen LogP) is 0.912. The van der Waals surface area contributed by atoms with Gasteiger partial charge in [0.15, 0.2) is 0 Å². The lowest BCUT2D eigenvalue weighted by atomic mass is 10.2. The minimum Gasteiger partial charge on any atom is -0.494 e. The molecular weight excluding hydrogens is 260 g/mol. The van der Waals surface area contributed by atoms with Crippen LogP contribution < -0.4 is 15.4 Å². The molecule has 0 saturated heterocycles. The van der Waals surface area contributed by atoms with E-state index in [2.05, 4.69) is 10.6 Å². The van der Waals surface area contributed by atoms with Gasteiger partial charge in [0, 0.05) is 25.1 Å². The third-order valence-electron chi connectivity index (χ3n) is 2.46. The molecule has 0 unspecified atom stereocenters. The van der Waals surface area contributed by atoms with E-state index in [0.717, 1.165) is 5.75 Å². The topological polar surface area (TPSA) is 87.7 Å². The fraction of sp³-hybridized carbons (Fsp3) is 0.429. The molecule has 0 aromatic heterocycles.